The van der Waals surface area contributed by atoms with Crippen molar-refractivity contribution >= 4 is 39.8 Å². The lowest BCUT2D eigenvalue weighted by Crippen LogP contribution is -2.12. The highest BCUT2D eigenvalue weighted by atomic mass is 32.1. The van der Waals surface area contributed by atoms with Crippen molar-refractivity contribution in [3.63, 3.8) is 0 Å². The minimum absolute atomic E-state index is 1.11. The second-order valence-corrected chi connectivity index (χ2v) is 14.8. The average Bonchev–Trinajstić information content (AvgIpc) is 3.60. The van der Waals surface area contributed by atoms with Gasteiger partial charge >= 0.3 is 0 Å². The van der Waals surface area contributed by atoms with Gasteiger partial charge in [-0.05, 0) is 115 Å². The van der Waals surface area contributed by atoms with Crippen LogP contribution in [0.5, 0.6) is 0 Å². The summed E-state index contributed by atoms with van der Waals surface area (Å²) in [5.74, 6) is 0. The van der Waals surface area contributed by atoms with Crippen LogP contribution in [-0.4, -0.2) is 7.05 Å². The van der Waals surface area contributed by atoms with Crippen molar-refractivity contribution in [3.8, 4) is 43.1 Å². The standard InChI is InChI=1S/C50H42N2S/c1-35-21-23-40(24-22-35)49-47(38-15-7-5-8-16-38)48(39-17-9-6-10-18-39)50(53-49)41-25-27-43(28-26-41)52(46-20-12-14-37(3)34-46)44-31-29-42(30-32-44)51(4)45-19-11-13-36(2)33-45/h5-34H,1-4H3. The number of anilines is 5. The fourth-order valence-electron chi connectivity index (χ4n) is 7.09. The molecular formula is C50H42N2S. The molecule has 53 heavy (non-hydrogen) atoms. The van der Waals surface area contributed by atoms with Crippen LogP contribution in [0.2, 0.25) is 0 Å². The normalized spacial score (nSPS) is 11.0. The van der Waals surface area contributed by atoms with Crippen molar-refractivity contribution in [3.05, 3.63) is 199 Å². The monoisotopic (exact) mass is 702 g/mol. The predicted octanol–water partition coefficient (Wildman–Crippen LogP) is 14.6. The molecule has 0 aliphatic carbocycles. The van der Waals surface area contributed by atoms with E-state index in [1.54, 1.807) is 0 Å². The summed E-state index contributed by atoms with van der Waals surface area (Å²) in [4.78, 5) is 7.14. The number of thiophene rings is 1. The molecule has 3 heteroatoms. The maximum absolute atomic E-state index is 2.35. The number of aryl methyl sites for hydroxylation is 3. The van der Waals surface area contributed by atoms with Crippen molar-refractivity contribution in [1.29, 1.82) is 0 Å². The lowest BCUT2D eigenvalue weighted by molar-refractivity contribution is 1.19. The Hall–Kier alpha value is -6.16. The molecule has 0 aliphatic heterocycles. The topological polar surface area (TPSA) is 6.48 Å². The van der Waals surface area contributed by atoms with Gasteiger partial charge in [-0.3, -0.25) is 0 Å². The van der Waals surface area contributed by atoms with E-state index in [0.29, 0.717) is 0 Å². The fraction of sp³-hybridized carbons (Fsp3) is 0.0800. The van der Waals surface area contributed by atoms with E-state index in [2.05, 4.69) is 220 Å². The highest BCUT2D eigenvalue weighted by molar-refractivity contribution is 7.20. The highest BCUT2D eigenvalue weighted by Gasteiger charge is 2.23. The zero-order chi connectivity index (χ0) is 36.3. The molecule has 0 spiro atoms. The van der Waals surface area contributed by atoms with Crippen LogP contribution < -0.4 is 9.80 Å². The first-order valence-electron chi connectivity index (χ1n) is 18.2. The maximum atomic E-state index is 2.35. The Morgan fingerprint density at radius 1 is 0.340 bits per heavy atom. The zero-order valence-electron chi connectivity index (χ0n) is 30.6. The molecule has 0 unspecified atom stereocenters. The second-order valence-electron chi connectivity index (χ2n) is 13.7. The molecule has 7 aromatic carbocycles. The Kier molecular flexibility index (Phi) is 9.50. The summed E-state index contributed by atoms with van der Waals surface area (Å²) in [5, 5.41) is 0. The minimum Gasteiger partial charge on any atom is -0.345 e. The van der Waals surface area contributed by atoms with Gasteiger partial charge in [0.05, 0.1) is 0 Å². The van der Waals surface area contributed by atoms with Gasteiger partial charge < -0.3 is 9.80 Å². The molecule has 258 valence electrons. The molecule has 0 saturated heterocycles. The van der Waals surface area contributed by atoms with E-state index in [0.717, 1.165) is 22.7 Å². The van der Waals surface area contributed by atoms with Crippen LogP contribution >= 0.6 is 11.3 Å². The number of nitrogens with zero attached hydrogens (tertiary/aromatic N) is 2. The third kappa shape index (κ3) is 7.04. The molecule has 0 bridgehead atoms. The zero-order valence-corrected chi connectivity index (χ0v) is 31.4. The van der Waals surface area contributed by atoms with Gasteiger partial charge in [0.2, 0.25) is 0 Å². The van der Waals surface area contributed by atoms with Crippen LogP contribution in [0.4, 0.5) is 28.4 Å². The molecule has 0 saturated carbocycles. The van der Waals surface area contributed by atoms with Crippen molar-refractivity contribution in [1.82, 2.24) is 0 Å². The second kappa shape index (κ2) is 14.8. The average molecular weight is 703 g/mol. The first kappa shape index (κ1) is 34.0. The third-order valence-corrected chi connectivity index (χ3v) is 11.2. The van der Waals surface area contributed by atoms with E-state index >= 15 is 0 Å². The van der Waals surface area contributed by atoms with Gasteiger partial charge in [-0.2, -0.15) is 0 Å². The van der Waals surface area contributed by atoms with Crippen molar-refractivity contribution in [2.24, 2.45) is 0 Å². The molecule has 8 aromatic rings. The predicted molar refractivity (Wildman–Crippen MR) is 229 cm³/mol. The molecule has 0 atom stereocenters. The Morgan fingerprint density at radius 2 is 0.774 bits per heavy atom. The van der Waals surface area contributed by atoms with Gasteiger partial charge in [0.25, 0.3) is 0 Å². The van der Waals surface area contributed by atoms with Crippen LogP contribution in [0.25, 0.3) is 43.1 Å². The molecule has 0 amide bonds. The fourth-order valence-corrected chi connectivity index (χ4v) is 8.45. The Balaban J connectivity index is 1.24. The third-order valence-electron chi connectivity index (χ3n) is 9.88. The summed E-state index contributed by atoms with van der Waals surface area (Å²) in [6.07, 6.45) is 0. The van der Waals surface area contributed by atoms with E-state index in [9.17, 15) is 0 Å². The number of hydrogen-bond donors (Lipinski definition) is 0. The van der Waals surface area contributed by atoms with E-state index < -0.39 is 0 Å². The molecule has 0 aliphatic rings. The van der Waals surface area contributed by atoms with E-state index in [1.165, 1.54) is 65.5 Å². The van der Waals surface area contributed by atoms with Crippen molar-refractivity contribution < 1.29 is 0 Å². The SMILES string of the molecule is Cc1ccc(-c2sc(-c3ccc(N(c4ccc(N(C)c5cccc(C)c5)cc4)c4cccc(C)c4)cc3)c(-c3ccccc3)c2-c2ccccc2)cc1. The summed E-state index contributed by atoms with van der Waals surface area (Å²) in [5.41, 5.74) is 16.8. The van der Waals surface area contributed by atoms with Crippen molar-refractivity contribution in [2.45, 2.75) is 20.8 Å². The largest absolute Gasteiger partial charge is 0.345 e. The lowest BCUT2D eigenvalue weighted by atomic mass is 9.91. The van der Waals surface area contributed by atoms with Crippen LogP contribution in [0.3, 0.4) is 0 Å². The summed E-state index contributed by atoms with van der Waals surface area (Å²) >= 11 is 1.88. The van der Waals surface area contributed by atoms with Gasteiger partial charge in [0.15, 0.2) is 0 Å². The van der Waals surface area contributed by atoms with Gasteiger partial charge in [0.1, 0.15) is 0 Å². The molecular weight excluding hydrogens is 661 g/mol. The van der Waals surface area contributed by atoms with Gasteiger partial charge in [0, 0.05) is 56.4 Å². The Bertz CT molecular complexity index is 2460. The summed E-state index contributed by atoms with van der Waals surface area (Å²) < 4.78 is 0. The maximum Gasteiger partial charge on any atom is 0.0464 e. The number of benzene rings is 7. The molecule has 8 rings (SSSR count). The lowest BCUT2D eigenvalue weighted by Gasteiger charge is -2.27. The van der Waals surface area contributed by atoms with E-state index in [4.69, 9.17) is 0 Å². The first-order valence-corrected chi connectivity index (χ1v) is 19.0. The molecule has 0 N–H and O–H groups in total. The van der Waals surface area contributed by atoms with E-state index in [-0.39, 0.29) is 0 Å². The van der Waals surface area contributed by atoms with Gasteiger partial charge in [-0.25, -0.2) is 0 Å². The number of hydrogen-bond acceptors (Lipinski definition) is 3. The summed E-state index contributed by atoms with van der Waals surface area (Å²) in [7, 11) is 2.13. The van der Waals surface area contributed by atoms with Crippen molar-refractivity contribution in [2.75, 3.05) is 16.8 Å². The first-order chi connectivity index (χ1) is 25.9. The number of rotatable bonds is 9. The molecule has 0 fully saturated rings. The van der Waals surface area contributed by atoms with Crippen LogP contribution in [-0.2, 0) is 0 Å². The van der Waals surface area contributed by atoms with Crippen LogP contribution in [0.1, 0.15) is 16.7 Å². The Morgan fingerprint density at radius 3 is 1.28 bits per heavy atom. The molecule has 1 heterocycles. The van der Waals surface area contributed by atoms with Gasteiger partial charge in [-0.15, -0.1) is 11.3 Å². The molecule has 0 radical (unpaired) electrons. The quantitative estimate of drug-likeness (QED) is 0.148. The van der Waals surface area contributed by atoms with E-state index in [1.807, 2.05) is 11.3 Å². The summed E-state index contributed by atoms with van der Waals surface area (Å²) in [6.45, 7) is 6.44. The minimum atomic E-state index is 1.11. The Labute approximate surface area is 317 Å². The summed E-state index contributed by atoms with van der Waals surface area (Å²) in [6, 6.07) is 66.1. The molecule has 2 nitrogen and oxygen atoms in total. The van der Waals surface area contributed by atoms with Crippen LogP contribution in [0, 0.1) is 20.8 Å². The molecule has 1 aromatic heterocycles. The van der Waals surface area contributed by atoms with Gasteiger partial charge in [-0.1, -0.05) is 127 Å². The van der Waals surface area contributed by atoms with Crippen LogP contribution in [0.15, 0.2) is 182 Å². The highest BCUT2D eigenvalue weighted by Crippen LogP contribution is 2.52. The smallest absolute Gasteiger partial charge is 0.0464 e.